The Labute approximate surface area is 145 Å². The number of piperidine rings is 1. The van der Waals surface area contributed by atoms with Gasteiger partial charge in [0, 0.05) is 20.1 Å². The molecule has 1 aromatic carbocycles. The third-order valence-electron chi connectivity index (χ3n) is 5.11. The Kier molecular flexibility index (Phi) is 3.67. The highest BCUT2D eigenvalue weighted by molar-refractivity contribution is 5.80. The minimum absolute atomic E-state index is 0.00567. The number of aryl methyl sites for hydroxylation is 1. The number of carbonyl (C=O) groups excluding carboxylic acids is 1. The van der Waals surface area contributed by atoms with Crippen LogP contribution in [0, 0.1) is 11.8 Å². The van der Waals surface area contributed by atoms with Crippen LogP contribution in [0.3, 0.4) is 0 Å². The van der Waals surface area contributed by atoms with Crippen molar-refractivity contribution in [2.24, 2.45) is 18.9 Å². The summed E-state index contributed by atoms with van der Waals surface area (Å²) >= 11 is 0. The van der Waals surface area contributed by atoms with Gasteiger partial charge in [0.1, 0.15) is 6.54 Å². The van der Waals surface area contributed by atoms with Crippen molar-refractivity contribution >= 4 is 22.7 Å². The third-order valence-corrected chi connectivity index (χ3v) is 5.11. The number of amides is 1. The van der Waals surface area contributed by atoms with Crippen molar-refractivity contribution in [3.8, 4) is 0 Å². The van der Waals surface area contributed by atoms with Crippen LogP contribution in [0.15, 0.2) is 29.1 Å². The molecule has 1 amide bonds. The summed E-state index contributed by atoms with van der Waals surface area (Å²) in [6.45, 7) is 5.84. The van der Waals surface area contributed by atoms with Crippen molar-refractivity contribution in [1.82, 2.24) is 23.6 Å². The lowest BCUT2D eigenvalue weighted by molar-refractivity contribution is -0.134. The van der Waals surface area contributed by atoms with Crippen LogP contribution in [-0.2, 0) is 18.4 Å². The van der Waals surface area contributed by atoms with Crippen molar-refractivity contribution in [1.29, 1.82) is 0 Å². The predicted molar refractivity (Wildman–Crippen MR) is 95.5 cm³/mol. The molecule has 4 rings (SSSR count). The van der Waals surface area contributed by atoms with Crippen LogP contribution >= 0.6 is 0 Å². The van der Waals surface area contributed by atoms with E-state index in [2.05, 4.69) is 18.9 Å². The fourth-order valence-electron chi connectivity index (χ4n) is 4.07. The second-order valence-electron chi connectivity index (χ2n) is 7.37. The van der Waals surface area contributed by atoms with Crippen molar-refractivity contribution in [3.63, 3.8) is 0 Å². The van der Waals surface area contributed by atoms with Crippen LogP contribution in [0.25, 0.3) is 16.8 Å². The summed E-state index contributed by atoms with van der Waals surface area (Å²) in [5, 5.41) is 4.40. The standard InChI is InChI=1S/C18H23N5O2/c1-12-8-13(2)10-21(9-12)16(24)11-22-18(25)23-15-7-5-4-6-14(15)20(3)17(23)19-22/h4-7,12-13H,8-11H2,1-3H3/t12-,13-/m1/s1. The highest BCUT2D eigenvalue weighted by Crippen LogP contribution is 2.21. The Balaban J connectivity index is 1.68. The maximum atomic E-state index is 12.8. The monoisotopic (exact) mass is 341 g/mol. The molecule has 0 bridgehead atoms. The summed E-state index contributed by atoms with van der Waals surface area (Å²) in [5.41, 5.74) is 1.49. The van der Waals surface area contributed by atoms with E-state index in [9.17, 15) is 9.59 Å². The topological polar surface area (TPSA) is 64.5 Å². The second-order valence-corrected chi connectivity index (χ2v) is 7.37. The number of benzene rings is 1. The summed E-state index contributed by atoms with van der Waals surface area (Å²) < 4.78 is 4.74. The highest BCUT2D eigenvalue weighted by Gasteiger charge is 2.26. The van der Waals surface area contributed by atoms with E-state index in [1.165, 1.54) is 4.68 Å². The average molecular weight is 341 g/mol. The van der Waals surface area contributed by atoms with Gasteiger partial charge < -0.3 is 9.47 Å². The Morgan fingerprint density at radius 2 is 1.80 bits per heavy atom. The lowest BCUT2D eigenvalue weighted by Crippen LogP contribution is -2.45. The van der Waals surface area contributed by atoms with Gasteiger partial charge in [0.15, 0.2) is 0 Å². The number of hydrogen-bond donors (Lipinski definition) is 0. The molecule has 0 radical (unpaired) electrons. The van der Waals surface area contributed by atoms with Crippen LogP contribution in [0.1, 0.15) is 20.3 Å². The Hall–Kier alpha value is -2.57. The lowest BCUT2D eigenvalue weighted by Gasteiger charge is -2.34. The van der Waals surface area contributed by atoms with Gasteiger partial charge in [-0.05, 0) is 30.4 Å². The van der Waals surface area contributed by atoms with Crippen molar-refractivity contribution in [3.05, 3.63) is 34.7 Å². The first kappa shape index (κ1) is 15.9. The molecule has 0 unspecified atom stereocenters. The molecular formula is C18H23N5O2. The SMILES string of the molecule is C[C@@H]1C[C@@H](C)CN(C(=O)Cn2nc3n(C)c4ccccc4n3c2=O)C1. The minimum atomic E-state index is -0.266. The summed E-state index contributed by atoms with van der Waals surface area (Å²) in [7, 11) is 1.88. The van der Waals surface area contributed by atoms with Crippen molar-refractivity contribution < 1.29 is 4.79 Å². The molecule has 132 valence electrons. The minimum Gasteiger partial charge on any atom is -0.341 e. The molecule has 3 heterocycles. The van der Waals surface area contributed by atoms with Crippen LogP contribution < -0.4 is 5.69 Å². The van der Waals surface area contributed by atoms with E-state index in [0.29, 0.717) is 17.6 Å². The van der Waals surface area contributed by atoms with Gasteiger partial charge in [0.2, 0.25) is 11.7 Å². The normalized spacial score (nSPS) is 21.3. The number of carbonyl (C=O) groups is 1. The molecule has 2 aromatic heterocycles. The van der Waals surface area contributed by atoms with Gasteiger partial charge in [-0.15, -0.1) is 5.10 Å². The van der Waals surface area contributed by atoms with Crippen molar-refractivity contribution in [2.75, 3.05) is 13.1 Å². The lowest BCUT2D eigenvalue weighted by atomic mass is 9.92. The molecule has 7 nitrogen and oxygen atoms in total. The van der Waals surface area contributed by atoms with E-state index >= 15 is 0 Å². The molecule has 7 heteroatoms. The maximum Gasteiger partial charge on any atom is 0.352 e. The van der Waals surface area contributed by atoms with Crippen LogP contribution in [0.2, 0.25) is 0 Å². The molecule has 1 aliphatic heterocycles. The van der Waals surface area contributed by atoms with Crippen LogP contribution in [0.5, 0.6) is 0 Å². The molecule has 1 fully saturated rings. The summed E-state index contributed by atoms with van der Waals surface area (Å²) in [4.78, 5) is 27.3. The zero-order valence-electron chi connectivity index (χ0n) is 14.8. The molecule has 0 aliphatic carbocycles. The van der Waals surface area contributed by atoms with Crippen LogP contribution in [-0.4, -0.2) is 42.6 Å². The van der Waals surface area contributed by atoms with E-state index in [4.69, 9.17) is 0 Å². The van der Waals surface area contributed by atoms with Gasteiger partial charge in [-0.1, -0.05) is 26.0 Å². The van der Waals surface area contributed by atoms with Gasteiger partial charge >= 0.3 is 5.69 Å². The smallest absolute Gasteiger partial charge is 0.341 e. The number of para-hydroxylation sites is 2. The Morgan fingerprint density at radius 1 is 1.16 bits per heavy atom. The molecule has 25 heavy (non-hydrogen) atoms. The number of rotatable bonds is 2. The number of aromatic nitrogens is 4. The Bertz CT molecular complexity index is 1000. The third kappa shape index (κ3) is 2.54. The number of hydrogen-bond acceptors (Lipinski definition) is 3. The van der Waals surface area contributed by atoms with E-state index in [0.717, 1.165) is 30.5 Å². The first-order valence-electron chi connectivity index (χ1n) is 8.76. The van der Waals surface area contributed by atoms with Gasteiger partial charge in [-0.2, -0.15) is 0 Å². The van der Waals surface area contributed by atoms with Gasteiger partial charge in [0.25, 0.3) is 0 Å². The zero-order valence-corrected chi connectivity index (χ0v) is 14.8. The molecule has 2 atom stereocenters. The number of imidazole rings is 1. The van der Waals surface area contributed by atoms with Crippen LogP contribution in [0.4, 0.5) is 0 Å². The van der Waals surface area contributed by atoms with Crippen molar-refractivity contribution in [2.45, 2.75) is 26.8 Å². The van der Waals surface area contributed by atoms with E-state index in [1.54, 1.807) is 4.40 Å². The fourth-order valence-corrected chi connectivity index (χ4v) is 4.07. The van der Waals surface area contributed by atoms with E-state index in [-0.39, 0.29) is 18.1 Å². The van der Waals surface area contributed by atoms with Gasteiger partial charge in [-0.3, -0.25) is 4.79 Å². The van der Waals surface area contributed by atoms with E-state index < -0.39 is 0 Å². The predicted octanol–water partition coefficient (Wildman–Crippen LogP) is 1.49. The largest absolute Gasteiger partial charge is 0.352 e. The Morgan fingerprint density at radius 3 is 2.48 bits per heavy atom. The zero-order chi connectivity index (χ0) is 17.7. The molecule has 0 spiro atoms. The molecular weight excluding hydrogens is 318 g/mol. The highest BCUT2D eigenvalue weighted by atomic mass is 16.2. The number of likely N-dealkylation sites (tertiary alicyclic amines) is 1. The van der Waals surface area contributed by atoms with Gasteiger partial charge in [-0.25, -0.2) is 13.9 Å². The maximum absolute atomic E-state index is 12.8. The quantitative estimate of drug-likeness (QED) is 0.709. The van der Waals surface area contributed by atoms with E-state index in [1.807, 2.05) is 40.8 Å². The molecule has 0 saturated carbocycles. The first-order valence-corrected chi connectivity index (χ1v) is 8.76. The summed E-state index contributed by atoms with van der Waals surface area (Å²) in [6.07, 6.45) is 1.14. The number of fused-ring (bicyclic) bond motifs is 3. The summed E-state index contributed by atoms with van der Waals surface area (Å²) in [6, 6.07) is 7.68. The number of nitrogens with zero attached hydrogens (tertiary/aromatic N) is 5. The van der Waals surface area contributed by atoms with Gasteiger partial charge in [0.05, 0.1) is 11.0 Å². The fraction of sp³-hybridized carbons (Fsp3) is 0.500. The first-order chi connectivity index (χ1) is 12.0. The second kappa shape index (κ2) is 5.75. The average Bonchev–Trinajstić information content (AvgIpc) is 3.03. The summed E-state index contributed by atoms with van der Waals surface area (Å²) in [5.74, 6) is 1.51. The molecule has 1 saturated heterocycles. The molecule has 1 aliphatic rings. The molecule has 0 N–H and O–H groups in total. The molecule has 3 aromatic rings.